The average molecular weight is 264 g/mol. The van der Waals surface area contributed by atoms with Crippen molar-refractivity contribution in [3.05, 3.63) is 27.7 Å². The summed E-state index contributed by atoms with van der Waals surface area (Å²) in [5, 5.41) is 11.3. The van der Waals surface area contributed by atoms with Gasteiger partial charge in [0, 0.05) is 5.39 Å². The van der Waals surface area contributed by atoms with Gasteiger partial charge in [-0.2, -0.15) is 0 Å². The predicted octanol–water partition coefficient (Wildman–Crippen LogP) is 4.02. The molecule has 0 unspecified atom stereocenters. The molecule has 0 aliphatic rings. The second-order valence-corrected chi connectivity index (χ2v) is 4.54. The van der Waals surface area contributed by atoms with Crippen molar-refractivity contribution in [3.63, 3.8) is 0 Å². The van der Waals surface area contributed by atoms with Crippen molar-refractivity contribution in [1.82, 2.24) is 0 Å². The van der Waals surface area contributed by atoms with Gasteiger partial charge in [0.05, 0.1) is 14.2 Å². The van der Waals surface area contributed by atoms with Crippen molar-refractivity contribution < 1.29 is 5.11 Å². The molecule has 2 aromatic rings. The Morgan fingerprint density at radius 2 is 2.17 bits per heavy atom. The second kappa shape index (κ2) is 2.91. The molecule has 0 bridgehead atoms. The van der Waals surface area contributed by atoms with E-state index in [1.165, 1.54) is 11.3 Å². The molecular weight excluding hydrogens is 260 g/mol. The lowest BCUT2D eigenvalue weighted by atomic mass is 10.3. The minimum absolute atomic E-state index is 0.276. The van der Waals surface area contributed by atoms with Gasteiger partial charge in [0.15, 0.2) is 5.06 Å². The van der Waals surface area contributed by atoms with Crippen LogP contribution in [-0.4, -0.2) is 5.11 Å². The Bertz CT molecular complexity index is 438. The third kappa shape index (κ3) is 1.13. The van der Waals surface area contributed by atoms with Crippen LogP contribution in [0.2, 0.25) is 5.02 Å². The third-order valence-electron chi connectivity index (χ3n) is 1.59. The second-order valence-electron chi connectivity index (χ2n) is 2.34. The molecule has 1 nitrogen and oxygen atoms in total. The Kier molecular flexibility index (Phi) is 2.02. The highest BCUT2D eigenvalue weighted by atomic mass is 79.9. The first-order valence-electron chi connectivity index (χ1n) is 3.25. The summed E-state index contributed by atoms with van der Waals surface area (Å²) in [5.74, 6) is 0. The fourth-order valence-corrected chi connectivity index (χ4v) is 2.88. The van der Waals surface area contributed by atoms with Gasteiger partial charge in [-0.05, 0) is 22.0 Å². The van der Waals surface area contributed by atoms with Gasteiger partial charge in [0.1, 0.15) is 0 Å². The molecule has 0 radical (unpaired) electrons. The molecule has 62 valence electrons. The average Bonchev–Trinajstić information content (AvgIpc) is 2.32. The van der Waals surface area contributed by atoms with Crippen LogP contribution in [0, 0.1) is 0 Å². The zero-order valence-corrected chi connectivity index (χ0v) is 9.00. The summed E-state index contributed by atoms with van der Waals surface area (Å²) >= 11 is 10.5. The molecule has 0 saturated heterocycles. The number of fused-ring (bicyclic) bond motifs is 1. The van der Waals surface area contributed by atoms with Gasteiger partial charge in [-0.1, -0.05) is 35.1 Å². The molecule has 0 saturated carbocycles. The molecule has 0 atom stereocenters. The Morgan fingerprint density at radius 3 is 2.83 bits per heavy atom. The lowest BCUT2D eigenvalue weighted by Gasteiger charge is -1.90. The van der Waals surface area contributed by atoms with Crippen LogP contribution in [0.5, 0.6) is 5.06 Å². The summed E-state index contributed by atoms with van der Waals surface area (Å²) < 4.78 is 1.65. The van der Waals surface area contributed by atoms with Crippen LogP contribution < -0.4 is 0 Å². The van der Waals surface area contributed by atoms with Crippen LogP contribution in [0.3, 0.4) is 0 Å². The van der Waals surface area contributed by atoms with Crippen LogP contribution >= 0.6 is 38.9 Å². The highest BCUT2D eigenvalue weighted by Crippen LogP contribution is 2.43. The van der Waals surface area contributed by atoms with Crippen molar-refractivity contribution >= 4 is 49.0 Å². The molecule has 12 heavy (non-hydrogen) atoms. The van der Waals surface area contributed by atoms with Gasteiger partial charge in [-0.25, -0.2) is 0 Å². The molecule has 0 aliphatic heterocycles. The zero-order valence-electron chi connectivity index (χ0n) is 5.84. The molecule has 1 aromatic heterocycles. The maximum atomic E-state index is 9.38. The Hall–Kier alpha value is -0.250. The van der Waals surface area contributed by atoms with Gasteiger partial charge >= 0.3 is 0 Å². The van der Waals surface area contributed by atoms with Crippen molar-refractivity contribution in [2.45, 2.75) is 0 Å². The smallest absolute Gasteiger partial charge is 0.186 e. The minimum atomic E-state index is 0.276. The van der Waals surface area contributed by atoms with E-state index >= 15 is 0 Å². The van der Waals surface area contributed by atoms with E-state index in [1.54, 1.807) is 0 Å². The molecule has 1 N–H and O–H groups in total. The van der Waals surface area contributed by atoms with Crippen molar-refractivity contribution in [3.8, 4) is 5.06 Å². The molecule has 1 aromatic carbocycles. The Morgan fingerprint density at radius 1 is 1.42 bits per heavy atom. The van der Waals surface area contributed by atoms with E-state index in [1.807, 2.05) is 18.2 Å². The van der Waals surface area contributed by atoms with Crippen molar-refractivity contribution in [2.75, 3.05) is 0 Å². The van der Waals surface area contributed by atoms with Crippen LogP contribution in [0.1, 0.15) is 0 Å². The SMILES string of the molecule is Oc1sc2c(Cl)cccc2c1Br. The van der Waals surface area contributed by atoms with Gasteiger partial charge in [0.2, 0.25) is 0 Å². The summed E-state index contributed by atoms with van der Waals surface area (Å²) in [6.45, 7) is 0. The number of benzene rings is 1. The van der Waals surface area contributed by atoms with Crippen LogP contribution in [0.4, 0.5) is 0 Å². The summed E-state index contributed by atoms with van der Waals surface area (Å²) in [7, 11) is 0. The number of hydrogen-bond donors (Lipinski definition) is 1. The monoisotopic (exact) mass is 262 g/mol. The lowest BCUT2D eigenvalue weighted by Crippen LogP contribution is -1.64. The van der Waals surface area contributed by atoms with Gasteiger partial charge < -0.3 is 5.11 Å². The molecule has 1 heterocycles. The Labute approximate surface area is 86.7 Å². The molecular formula is C8H4BrClOS. The third-order valence-corrected chi connectivity index (χ3v) is 4.12. The van der Waals surface area contributed by atoms with Crippen molar-refractivity contribution in [2.24, 2.45) is 0 Å². The summed E-state index contributed by atoms with van der Waals surface area (Å²) in [5.41, 5.74) is 0. The molecule has 4 heteroatoms. The quantitative estimate of drug-likeness (QED) is 0.761. The van der Waals surface area contributed by atoms with E-state index in [2.05, 4.69) is 15.9 Å². The maximum Gasteiger partial charge on any atom is 0.186 e. The fourth-order valence-electron chi connectivity index (χ4n) is 1.04. The number of aromatic hydroxyl groups is 1. The highest BCUT2D eigenvalue weighted by molar-refractivity contribution is 9.10. The van der Waals surface area contributed by atoms with E-state index in [9.17, 15) is 5.11 Å². The standard InChI is InChI=1S/C8H4BrClOS/c9-6-4-2-1-3-5(10)7(4)12-8(6)11/h1-3,11H. The van der Waals surface area contributed by atoms with Gasteiger partial charge in [-0.3, -0.25) is 0 Å². The lowest BCUT2D eigenvalue weighted by molar-refractivity contribution is 0.488. The van der Waals surface area contributed by atoms with E-state index in [0.29, 0.717) is 5.02 Å². The van der Waals surface area contributed by atoms with Crippen molar-refractivity contribution in [1.29, 1.82) is 0 Å². The van der Waals surface area contributed by atoms with E-state index in [4.69, 9.17) is 11.6 Å². The topological polar surface area (TPSA) is 20.2 Å². The van der Waals surface area contributed by atoms with Crippen LogP contribution in [0.25, 0.3) is 10.1 Å². The summed E-state index contributed by atoms with van der Waals surface area (Å²) in [6.07, 6.45) is 0. The number of halogens is 2. The van der Waals surface area contributed by atoms with Gasteiger partial charge in [0.25, 0.3) is 0 Å². The van der Waals surface area contributed by atoms with E-state index in [-0.39, 0.29) is 5.06 Å². The first-order chi connectivity index (χ1) is 5.70. The fraction of sp³-hybridized carbons (Fsp3) is 0. The number of thiophene rings is 1. The zero-order chi connectivity index (χ0) is 8.72. The molecule has 2 rings (SSSR count). The Balaban J connectivity index is 2.95. The van der Waals surface area contributed by atoms with E-state index < -0.39 is 0 Å². The molecule has 0 spiro atoms. The first-order valence-corrected chi connectivity index (χ1v) is 5.24. The predicted molar refractivity (Wildman–Crippen MR) is 56.2 cm³/mol. The largest absolute Gasteiger partial charge is 0.499 e. The van der Waals surface area contributed by atoms with Crippen LogP contribution in [-0.2, 0) is 0 Å². The first kappa shape index (κ1) is 8.35. The summed E-state index contributed by atoms with van der Waals surface area (Å²) in [4.78, 5) is 0. The highest BCUT2D eigenvalue weighted by Gasteiger charge is 2.09. The van der Waals surface area contributed by atoms with Crippen LogP contribution in [0.15, 0.2) is 22.7 Å². The summed E-state index contributed by atoms with van der Waals surface area (Å²) in [6, 6.07) is 5.59. The van der Waals surface area contributed by atoms with E-state index in [0.717, 1.165) is 14.6 Å². The molecule has 0 fully saturated rings. The number of hydrogen-bond acceptors (Lipinski definition) is 2. The number of rotatable bonds is 0. The molecule has 0 aliphatic carbocycles. The molecule has 0 amide bonds. The maximum absolute atomic E-state index is 9.38. The minimum Gasteiger partial charge on any atom is -0.499 e. The van der Waals surface area contributed by atoms with Gasteiger partial charge in [-0.15, -0.1) is 0 Å². The normalized spacial score (nSPS) is 10.8.